The molecule has 4 heteroatoms. The first-order chi connectivity index (χ1) is 15.3. The Balaban J connectivity index is 1.42. The summed E-state index contributed by atoms with van der Waals surface area (Å²) in [5, 5.41) is 0. The van der Waals surface area contributed by atoms with Crippen LogP contribution >= 0.6 is 0 Å². The lowest BCUT2D eigenvalue weighted by Crippen LogP contribution is -2.47. The summed E-state index contributed by atoms with van der Waals surface area (Å²) in [6.07, 6.45) is 6.54. The molecule has 2 aromatic carbocycles. The molecule has 168 valence electrons. The van der Waals surface area contributed by atoms with Gasteiger partial charge in [-0.25, -0.2) is 0 Å². The average Bonchev–Trinajstić information content (AvgIpc) is 3.21. The van der Waals surface area contributed by atoms with E-state index in [1.165, 1.54) is 5.56 Å². The largest absolute Gasteiger partial charge is 0.339 e. The highest BCUT2D eigenvalue weighted by Crippen LogP contribution is 2.35. The number of nitrogens with zero attached hydrogens (tertiary/aromatic N) is 1. The Morgan fingerprint density at radius 1 is 1.06 bits per heavy atom. The van der Waals surface area contributed by atoms with Crippen LogP contribution in [0.3, 0.4) is 0 Å². The van der Waals surface area contributed by atoms with Crippen molar-refractivity contribution < 1.29 is 9.63 Å². The Labute approximate surface area is 191 Å². The molecule has 4 rings (SSSR count). The third-order valence-electron chi connectivity index (χ3n) is 6.53. The van der Waals surface area contributed by atoms with Crippen LogP contribution in [0.15, 0.2) is 66.2 Å². The van der Waals surface area contributed by atoms with Gasteiger partial charge in [0, 0.05) is 31.5 Å². The number of nitrogens with one attached hydrogen (secondary N) is 1. The number of amides is 1. The predicted octanol–water partition coefficient (Wildman–Crippen LogP) is 5.71. The Bertz CT molecular complexity index is 1010. The van der Waals surface area contributed by atoms with Crippen LogP contribution in [-0.2, 0) is 15.0 Å². The van der Waals surface area contributed by atoms with Gasteiger partial charge in [0.25, 0.3) is 0 Å². The Morgan fingerprint density at radius 2 is 1.72 bits per heavy atom. The summed E-state index contributed by atoms with van der Waals surface area (Å²) in [6.45, 7) is 10.1. The lowest BCUT2D eigenvalue weighted by atomic mass is 9.86. The predicted molar refractivity (Wildman–Crippen MR) is 131 cm³/mol. The molecule has 0 saturated carbocycles. The number of benzene rings is 2. The molecule has 0 bridgehead atoms. The van der Waals surface area contributed by atoms with Crippen molar-refractivity contribution in [2.75, 3.05) is 13.1 Å². The highest BCUT2D eigenvalue weighted by atomic mass is 16.7. The van der Waals surface area contributed by atoms with Crippen molar-refractivity contribution in [3.63, 3.8) is 0 Å². The van der Waals surface area contributed by atoms with E-state index >= 15 is 0 Å². The smallest absolute Gasteiger partial charge is 0.249 e. The van der Waals surface area contributed by atoms with Gasteiger partial charge in [-0.1, -0.05) is 82.3 Å². The Morgan fingerprint density at radius 3 is 2.31 bits per heavy atom. The topological polar surface area (TPSA) is 41.6 Å². The minimum absolute atomic E-state index is 0.126. The third kappa shape index (κ3) is 4.81. The van der Waals surface area contributed by atoms with Crippen LogP contribution in [0.2, 0.25) is 0 Å². The number of carbonyl (C=O) groups excluding carboxylic acids is 1. The Kier molecular flexibility index (Phi) is 6.25. The molecule has 2 aromatic rings. The van der Waals surface area contributed by atoms with Crippen molar-refractivity contribution in [1.29, 1.82) is 0 Å². The van der Waals surface area contributed by atoms with Gasteiger partial charge in [-0.15, -0.1) is 0 Å². The lowest BCUT2D eigenvalue weighted by Gasteiger charge is -2.37. The molecule has 0 unspecified atom stereocenters. The summed E-state index contributed by atoms with van der Waals surface area (Å²) in [5.74, 6) is 0.139. The fraction of sp³-hybridized carbons (Fsp3) is 0.393. The van der Waals surface area contributed by atoms with Crippen LogP contribution in [0.5, 0.6) is 0 Å². The van der Waals surface area contributed by atoms with E-state index in [1.807, 2.05) is 29.2 Å². The van der Waals surface area contributed by atoms with Crippen LogP contribution in [0.25, 0.3) is 11.8 Å². The molecular formula is C28H34N2O2. The molecule has 1 fully saturated rings. The fourth-order valence-electron chi connectivity index (χ4n) is 4.37. The van der Waals surface area contributed by atoms with Gasteiger partial charge < -0.3 is 4.90 Å². The molecule has 32 heavy (non-hydrogen) atoms. The van der Waals surface area contributed by atoms with Crippen molar-refractivity contribution in [3.8, 4) is 0 Å². The summed E-state index contributed by atoms with van der Waals surface area (Å²) in [6, 6.07) is 18.8. The lowest BCUT2D eigenvalue weighted by molar-refractivity contribution is -0.132. The summed E-state index contributed by atoms with van der Waals surface area (Å²) in [7, 11) is 0. The fourth-order valence-corrected chi connectivity index (χ4v) is 4.37. The van der Waals surface area contributed by atoms with E-state index in [-0.39, 0.29) is 16.9 Å². The van der Waals surface area contributed by atoms with Gasteiger partial charge in [0.15, 0.2) is 0 Å². The van der Waals surface area contributed by atoms with E-state index in [1.54, 1.807) is 0 Å². The van der Waals surface area contributed by atoms with E-state index in [0.717, 1.165) is 41.7 Å². The van der Waals surface area contributed by atoms with Gasteiger partial charge >= 0.3 is 0 Å². The molecule has 1 N–H and O–H groups in total. The van der Waals surface area contributed by atoms with Gasteiger partial charge in [0.2, 0.25) is 5.91 Å². The molecule has 0 aliphatic carbocycles. The number of hydrogen-bond donors (Lipinski definition) is 1. The highest BCUT2D eigenvalue weighted by Gasteiger charge is 2.40. The second-order valence-electron chi connectivity index (χ2n) is 9.88. The van der Waals surface area contributed by atoms with E-state index in [9.17, 15) is 4.79 Å². The zero-order valence-corrected chi connectivity index (χ0v) is 19.7. The molecule has 4 nitrogen and oxygen atoms in total. The van der Waals surface area contributed by atoms with E-state index in [4.69, 9.17) is 4.84 Å². The SMILES string of the molecule is CCC(=Cc1ccc(C(C)(C)C)cc1)C(=O)N1CCC2(C=C(c3ccccc3)NO2)CC1. The molecule has 0 atom stereocenters. The van der Waals surface area contributed by atoms with Gasteiger partial charge in [-0.3, -0.25) is 15.1 Å². The number of likely N-dealkylation sites (tertiary alicyclic amines) is 1. The summed E-state index contributed by atoms with van der Waals surface area (Å²) >= 11 is 0. The quantitative estimate of drug-likeness (QED) is 0.631. The first-order valence-electron chi connectivity index (χ1n) is 11.6. The van der Waals surface area contributed by atoms with E-state index in [2.05, 4.69) is 75.6 Å². The first kappa shape index (κ1) is 22.3. The number of carbonyl (C=O) groups is 1. The third-order valence-corrected chi connectivity index (χ3v) is 6.53. The van der Waals surface area contributed by atoms with E-state index in [0.29, 0.717) is 13.1 Å². The van der Waals surface area contributed by atoms with Crippen LogP contribution in [0.4, 0.5) is 0 Å². The molecular weight excluding hydrogens is 396 g/mol. The van der Waals surface area contributed by atoms with Gasteiger partial charge in [0.1, 0.15) is 5.60 Å². The van der Waals surface area contributed by atoms with Crippen molar-refractivity contribution >= 4 is 17.7 Å². The zero-order chi connectivity index (χ0) is 22.8. The minimum Gasteiger partial charge on any atom is -0.339 e. The van der Waals surface area contributed by atoms with Gasteiger partial charge in [-0.2, -0.15) is 0 Å². The van der Waals surface area contributed by atoms with Crippen LogP contribution in [0.1, 0.15) is 63.6 Å². The minimum atomic E-state index is -0.333. The summed E-state index contributed by atoms with van der Waals surface area (Å²) in [4.78, 5) is 21.2. The second-order valence-corrected chi connectivity index (χ2v) is 9.88. The monoisotopic (exact) mass is 430 g/mol. The molecule has 1 amide bonds. The van der Waals surface area contributed by atoms with Crippen molar-refractivity contribution in [2.24, 2.45) is 0 Å². The first-order valence-corrected chi connectivity index (χ1v) is 11.6. The maximum Gasteiger partial charge on any atom is 0.249 e. The zero-order valence-electron chi connectivity index (χ0n) is 19.7. The molecule has 0 radical (unpaired) electrons. The highest BCUT2D eigenvalue weighted by molar-refractivity contribution is 5.97. The number of piperidine rings is 1. The maximum absolute atomic E-state index is 13.2. The molecule has 2 heterocycles. The number of rotatable bonds is 4. The second kappa shape index (κ2) is 8.95. The summed E-state index contributed by atoms with van der Waals surface area (Å²) < 4.78 is 0. The van der Waals surface area contributed by atoms with Crippen molar-refractivity contribution in [2.45, 2.75) is 58.0 Å². The number of hydroxylamine groups is 1. The van der Waals surface area contributed by atoms with Crippen LogP contribution < -0.4 is 5.48 Å². The van der Waals surface area contributed by atoms with Crippen LogP contribution in [-0.4, -0.2) is 29.5 Å². The molecule has 1 spiro atoms. The average molecular weight is 431 g/mol. The van der Waals surface area contributed by atoms with Crippen molar-refractivity contribution in [3.05, 3.63) is 82.9 Å². The van der Waals surface area contributed by atoms with Gasteiger partial charge in [0.05, 0.1) is 5.70 Å². The van der Waals surface area contributed by atoms with Crippen molar-refractivity contribution in [1.82, 2.24) is 10.4 Å². The molecule has 0 aromatic heterocycles. The van der Waals surface area contributed by atoms with E-state index < -0.39 is 0 Å². The van der Waals surface area contributed by atoms with Crippen LogP contribution in [0, 0.1) is 0 Å². The number of hydrogen-bond acceptors (Lipinski definition) is 3. The standard InChI is InChI=1S/C28H34N2O2/c1-5-22(19-21-11-13-24(14-12-21)27(2,3)4)26(31)30-17-15-28(16-18-30)20-25(29-32-28)23-9-7-6-8-10-23/h6-14,19-20,29H,5,15-18H2,1-4H3. The normalized spacial score (nSPS) is 18.4. The molecule has 2 aliphatic rings. The molecule has 1 saturated heterocycles. The maximum atomic E-state index is 13.2. The van der Waals surface area contributed by atoms with Gasteiger partial charge in [-0.05, 0) is 40.7 Å². The summed E-state index contributed by atoms with van der Waals surface area (Å²) in [5.41, 5.74) is 8.27. The Hall–Kier alpha value is -2.85. The molecule has 2 aliphatic heterocycles.